The molecule has 0 fully saturated rings. The topological polar surface area (TPSA) is 45.3 Å². The van der Waals surface area contributed by atoms with Crippen LogP contribution >= 0.6 is 0 Å². The number of rotatable bonds is 7. The van der Waals surface area contributed by atoms with E-state index >= 15 is 0 Å². The minimum absolute atomic E-state index is 0.295. The average molecular weight is 286 g/mol. The zero-order chi connectivity index (χ0) is 15.2. The highest BCUT2D eigenvalue weighted by molar-refractivity contribution is 5.91. The number of esters is 1. The minimum atomic E-state index is -0.295. The molecule has 2 rings (SSSR count). The molecular weight excluding hydrogens is 264 g/mol. The van der Waals surface area contributed by atoms with E-state index in [-0.39, 0.29) is 5.97 Å². The van der Waals surface area contributed by atoms with Gasteiger partial charge in [-0.15, -0.1) is 6.58 Å². The van der Waals surface area contributed by atoms with Crippen molar-refractivity contribution < 1.29 is 9.53 Å². The van der Waals surface area contributed by atoms with Crippen molar-refractivity contribution in [3.63, 3.8) is 0 Å². The Bertz CT molecular complexity index is 631. The molecule has 4 nitrogen and oxygen atoms in total. The number of nitrogens with one attached hydrogen (secondary N) is 1. The highest BCUT2D eigenvalue weighted by atomic mass is 16.5. The first-order valence-corrected chi connectivity index (χ1v) is 7.26. The molecule has 0 saturated carbocycles. The van der Waals surface area contributed by atoms with Crippen LogP contribution in [0.2, 0.25) is 0 Å². The second kappa shape index (κ2) is 7.09. The van der Waals surface area contributed by atoms with Gasteiger partial charge in [0.25, 0.3) is 0 Å². The van der Waals surface area contributed by atoms with Gasteiger partial charge >= 0.3 is 5.97 Å². The smallest absolute Gasteiger partial charge is 0.308 e. The van der Waals surface area contributed by atoms with Crippen LogP contribution in [0.15, 0.2) is 37.1 Å². The van der Waals surface area contributed by atoms with E-state index in [2.05, 4.69) is 23.4 Å². The molecule has 2 aromatic rings. The van der Waals surface area contributed by atoms with E-state index in [0.717, 1.165) is 37.0 Å². The van der Waals surface area contributed by atoms with Gasteiger partial charge in [-0.25, -0.2) is 0 Å². The number of aromatic nitrogens is 1. The van der Waals surface area contributed by atoms with Crippen LogP contribution in [0.1, 0.15) is 19.4 Å². The second-order valence-corrected chi connectivity index (χ2v) is 5.02. The summed E-state index contributed by atoms with van der Waals surface area (Å²) in [6.45, 7) is 10.2. The maximum atomic E-state index is 11.2. The highest BCUT2D eigenvalue weighted by Gasteiger charge is 2.12. The standard InChI is InChI=1S/C17H22N2O2/c1-4-10-19(5-2)11-9-14-12-18-15-7-6-8-16(17(14)15)21-13(3)20/h4,6-8,12,18H,1,5,9-11H2,2-3H3. The summed E-state index contributed by atoms with van der Waals surface area (Å²) in [5.41, 5.74) is 2.17. The molecule has 0 amide bonds. The maximum Gasteiger partial charge on any atom is 0.308 e. The van der Waals surface area contributed by atoms with Gasteiger partial charge in [-0.3, -0.25) is 9.69 Å². The van der Waals surface area contributed by atoms with Crippen molar-refractivity contribution in [3.8, 4) is 5.75 Å². The van der Waals surface area contributed by atoms with Crippen LogP contribution in [0.4, 0.5) is 0 Å². The lowest BCUT2D eigenvalue weighted by Gasteiger charge is -2.18. The Kier molecular flexibility index (Phi) is 5.17. The van der Waals surface area contributed by atoms with Gasteiger partial charge < -0.3 is 9.72 Å². The van der Waals surface area contributed by atoms with Crippen molar-refractivity contribution in [3.05, 3.63) is 42.6 Å². The van der Waals surface area contributed by atoms with Crippen molar-refractivity contribution >= 4 is 16.9 Å². The molecule has 21 heavy (non-hydrogen) atoms. The van der Waals surface area contributed by atoms with E-state index < -0.39 is 0 Å². The number of carbonyl (C=O) groups is 1. The lowest BCUT2D eigenvalue weighted by Crippen LogP contribution is -2.25. The Morgan fingerprint density at radius 1 is 1.48 bits per heavy atom. The average Bonchev–Trinajstić information content (AvgIpc) is 2.87. The quantitative estimate of drug-likeness (QED) is 0.483. The summed E-state index contributed by atoms with van der Waals surface area (Å²) in [5, 5.41) is 1.00. The summed E-state index contributed by atoms with van der Waals surface area (Å²) in [4.78, 5) is 16.8. The first kappa shape index (κ1) is 15.3. The van der Waals surface area contributed by atoms with Gasteiger partial charge in [0.1, 0.15) is 5.75 Å². The van der Waals surface area contributed by atoms with Crippen LogP contribution in [0, 0.1) is 0 Å². The fraction of sp³-hybridized carbons (Fsp3) is 0.353. The number of benzene rings is 1. The summed E-state index contributed by atoms with van der Waals surface area (Å²) in [7, 11) is 0. The van der Waals surface area contributed by atoms with Gasteiger partial charge in [-0.1, -0.05) is 19.1 Å². The van der Waals surface area contributed by atoms with Crippen LogP contribution in [0.25, 0.3) is 10.9 Å². The molecule has 0 spiro atoms. The molecule has 0 aliphatic rings. The third-order valence-electron chi connectivity index (χ3n) is 3.53. The van der Waals surface area contributed by atoms with Gasteiger partial charge in [0.15, 0.2) is 0 Å². The molecule has 0 aliphatic carbocycles. The molecule has 4 heteroatoms. The van der Waals surface area contributed by atoms with Gasteiger partial charge in [-0.05, 0) is 30.7 Å². The van der Waals surface area contributed by atoms with E-state index in [9.17, 15) is 4.79 Å². The summed E-state index contributed by atoms with van der Waals surface area (Å²) in [6, 6.07) is 5.71. The molecule has 0 aliphatic heterocycles. The van der Waals surface area contributed by atoms with Gasteiger partial charge in [0.05, 0.1) is 0 Å². The summed E-state index contributed by atoms with van der Waals surface area (Å²) in [5.74, 6) is 0.333. The van der Waals surface area contributed by atoms with E-state index in [4.69, 9.17) is 4.74 Å². The van der Waals surface area contributed by atoms with Crippen LogP contribution in [-0.2, 0) is 11.2 Å². The lowest BCUT2D eigenvalue weighted by atomic mass is 10.1. The highest BCUT2D eigenvalue weighted by Crippen LogP contribution is 2.29. The molecule has 0 saturated heterocycles. The molecule has 1 heterocycles. The van der Waals surface area contributed by atoms with Crippen molar-refractivity contribution in [2.24, 2.45) is 0 Å². The summed E-state index contributed by atoms with van der Waals surface area (Å²) in [6.07, 6.45) is 4.82. The number of ether oxygens (including phenoxy) is 1. The monoisotopic (exact) mass is 286 g/mol. The van der Waals surface area contributed by atoms with Gasteiger partial charge in [0.2, 0.25) is 0 Å². The number of aromatic amines is 1. The van der Waals surface area contributed by atoms with Gasteiger partial charge in [-0.2, -0.15) is 0 Å². The van der Waals surface area contributed by atoms with E-state index in [1.807, 2.05) is 30.5 Å². The molecule has 0 radical (unpaired) electrons. The molecule has 0 unspecified atom stereocenters. The molecule has 112 valence electrons. The normalized spacial score (nSPS) is 11.0. The molecule has 1 aromatic carbocycles. The van der Waals surface area contributed by atoms with Crippen molar-refractivity contribution in [2.75, 3.05) is 19.6 Å². The Morgan fingerprint density at radius 2 is 2.29 bits per heavy atom. The number of hydrogen-bond acceptors (Lipinski definition) is 3. The number of carbonyl (C=O) groups excluding carboxylic acids is 1. The fourth-order valence-electron chi connectivity index (χ4n) is 2.50. The number of likely N-dealkylation sites (N-methyl/N-ethyl adjacent to an activating group) is 1. The Morgan fingerprint density at radius 3 is 2.95 bits per heavy atom. The van der Waals surface area contributed by atoms with Crippen LogP contribution in [0.3, 0.4) is 0 Å². The predicted molar refractivity (Wildman–Crippen MR) is 85.6 cm³/mol. The third-order valence-corrected chi connectivity index (χ3v) is 3.53. The first-order chi connectivity index (χ1) is 10.2. The number of H-pyrrole nitrogens is 1. The van der Waals surface area contributed by atoms with Crippen molar-refractivity contribution in [2.45, 2.75) is 20.3 Å². The predicted octanol–water partition coefficient (Wildman–Crippen LogP) is 3.14. The van der Waals surface area contributed by atoms with E-state index in [0.29, 0.717) is 5.75 Å². The second-order valence-electron chi connectivity index (χ2n) is 5.02. The largest absolute Gasteiger partial charge is 0.426 e. The first-order valence-electron chi connectivity index (χ1n) is 7.26. The summed E-state index contributed by atoms with van der Waals surface area (Å²) >= 11 is 0. The van der Waals surface area contributed by atoms with E-state index in [1.54, 1.807) is 0 Å². The Labute approximate surface area is 125 Å². The molecule has 1 N–H and O–H groups in total. The van der Waals surface area contributed by atoms with Crippen LogP contribution in [-0.4, -0.2) is 35.5 Å². The SMILES string of the molecule is C=CCN(CC)CCc1c[nH]c2cccc(OC(C)=O)c12. The van der Waals surface area contributed by atoms with Crippen molar-refractivity contribution in [1.29, 1.82) is 0 Å². The molecule has 0 atom stereocenters. The zero-order valence-electron chi connectivity index (χ0n) is 12.7. The lowest BCUT2D eigenvalue weighted by molar-refractivity contribution is -0.131. The Hall–Kier alpha value is -2.07. The number of hydrogen-bond donors (Lipinski definition) is 1. The molecular formula is C17H22N2O2. The fourth-order valence-corrected chi connectivity index (χ4v) is 2.50. The minimum Gasteiger partial charge on any atom is -0.426 e. The maximum absolute atomic E-state index is 11.2. The van der Waals surface area contributed by atoms with E-state index in [1.165, 1.54) is 12.5 Å². The van der Waals surface area contributed by atoms with Crippen molar-refractivity contribution in [1.82, 2.24) is 9.88 Å². The third kappa shape index (κ3) is 3.73. The number of nitrogens with zero attached hydrogens (tertiary/aromatic N) is 1. The molecule has 0 bridgehead atoms. The van der Waals surface area contributed by atoms with Crippen LogP contribution < -0.4 is 4.74 Å². The molecule has 1 aromatic heterocycles. The number of fused-ring (bicyclic) bond motifs is 1. The Balaban J connectivity index is 2.23. The zero-order valence-corrected chi connectivity index (χ0v) is 12.7. The van der Waals surface area contributed by atoms with Gasteiger partial charge in [0, 0.05) is 37.1 Å². The summed E-state index contributed by atoms with van der Waals surface area (Å²) < 4.78 is 5.32. The van der Waals surface area contributed by atoms with Crippen LogP contribution in [0.5, 0.6) is 5.75 Å².